The molecular formula is C42H65NO10. The van der Waals surface area contributed by atoms with Crippen LogP contribution in [0.4, 0.5) is 0 Å². The molecule has 0 aromatic rings. The van der Waals surface area contributed by atoms with Gasteiger partial charge in [0.2, 0.25) is 0 Å². The number of carboxylic acid groups (broad SMARTS) is 2. The molecular weight excluding hydrogens is 678 g/mol. The average Bonchev–Trinajstić information content (AvgIpc) is 3.73. The van der Waals surface area contributed by atoms with E-state index in [9.17, 15) is 40.1 Å². The van der Waals surface area contributed by atoms with Crippen molar-refractivity contribution < 1.29 is 49.8 Å². The van der Waals surface area contributed by atoms with Crippen molar-refractivity contribution in [3.63, 3.8) is 0 Å². The molecule has 11 nitrogen and oxygen atoms in total. The Morgan fingerprint density at radius 2 is 1.55 bits per heavy atom. The summed E-state index contributed by atoms with van der Waals surface area (Å²) in [5.74, 6) is -1.32. The van der Waals surface area contributed by atoms with Crippen LogP contribution in [0.1, 0.15) is 130 Å². The minimum atomic E-state index is -0.869. The third kappa shape index (κ3) is 16.3. The SMILES string of the molecule is CCCCC[C@H](O)/C=C/[C@H]1[C@H](O)CC(=O)[C@@H]1C/C=C\CCCC(=O)O.CCCC[C@H](C)[C@H](O)/C=C/[C@@H]1[C@H]2C/C(=C(\C#N)CCCC(=O)O)O[C@H]2C[C@H]1O. The van der Waals surface area contributed by atoms with E-state index >= 15 is 0 Å². The number of hydrogen-bond acceptors (Lipinski definition) is 9. The molecule has 1 saturated heterocycles. The fourth-order valence-electron chi connectivity index (χ4n) is 7.43. The molecule has 53 heavy (non-hydrogen) atoms. The molecule has 0 aromatic heterocycles. The monoisotopic (exact) mass is 743 g/mol. The number of hydrogen-bond donors (Lipinski definition) is 6. The van der Waals surface area contributed by atoms with Crippen molar-refractivity contribution >= 4 is 17.7 Å². The van der Waals surface area contributed by atoms with Gasteiger partial charge < -0.3 is 35.4 Å². The van der Waals surface area contributed by atoms with E-state index in [-0.39, 0.29) is 60.7 Å². The summed E-state index contributed by atoms with van der Waals surface area (Å²) in [5, 5.41) is 67.6. The standard InChI is InChI=1S/C22H33NO5.C20H32O5/c1-3-4-6-14(2)18(24)10-9-16-17-11-20(28-21(17)12-19(16)25)15(13-23)7-5-8-22(26)27;1-2-3-6-9-15(21)12-13-17-16(18(22)14-19(17)23)10-7-4-5-8-11-20(24)25/h9-10,14,16-19,21,24-25H,3-8,11-12H2,1-2H3,(H,26,27);4,7,12-13,15-17,19,21,23H,2-3,5-6,8-11,14H2,1H3,(H,24,25)/b10-9+,20-15+;7-4-,13-12+/t14-,16+,17+,18+,19+,21-;15-,16+,17+,19+/m00/s1. The molecule has 1 aliphatic heterocycles. The topological polar surface area (TPSA) is 206 Å². The predicted molar refractivity (Wildman–Crippen MR) is 202 cm³/mol. The lowest BCUT2D eigenvalue weighted by molar-refractivity contribution is -0.138. The fraction of sp³-hybridized carbons (Fsp3) is 0.714. The maximum Gasteiger partial charge on any atom is 0.303 e. The van der Waals surface area contributed by atoms with Crippen molar-refractivity contribution in [3.8, 4) is 6.07 Å². The highest BCUT2D eigenvalue weighted by molar-refractivity contribution is 5.84. The number of aliphatic hydroxyl groups excluding tert-OH is 4. The summed E-state index contributed by atoms with van der Waals surface area (Å²) in [6, 6.07) is 2.16. The molecule has 3 fully saturated rings. The van der Waals surface area contributed by atoms with Gasteiger partial charge in [-0.25, -0.2) is 0 Å². The summed E-state index contributed by atoms with van der Waals surface area (Å²) >= 11 is 0. The first-order valence-electron chi connectivity index (χ1n) is 19.8. The number of allylic oxidation sites excluding steroid dienone is 4. The molecule has 3 rings (SSSR count). The number of carbonyl (C=O) groups excluding carboxylic acids is 1. The molecule has 0 unspecified atom stereocenters. The Balaban J connectivity index is 0.000000370. The van der Waals surface area contributed by atoms with Gasteiger partial charge in [0.25, 0.3) is 0 Å². The summed E-state index contributed by atoms with van der Waals surface area (Å²) in [5.41, 5.74) is 0.515. The second-order valence-electron chi connectivity index (χ2n) is 15.0. The number of carboxylic acids is 2. The highest BCUT2D eigenvalue weighted by Gasteiger charge is 2.47. The number of unbranched alkanes of at least 4 members (excludes halogenated alkanes) is 4. The van der Waals surface area contributed by atoms with Gasteiger partial charge in [0.05, 0.1) is 36.1 Å². The van der Waals surface area contributed by atoms with Gasteiger partial charge in [-0.3, -0.25) is 14.4 Å². The summed E-state index contributed by atoms with van der Waals surface area (Å²) in [6.07, 6.45) is 19.7. The van der Waals surface area contributed by atoms with E-state index in [0.717, 1.165) is 38.5 Å². The fourth-order valence-corrected chi connectivity index (χ4v) is 7.43. The molecule has 2 aliphatic carbocycles. The zero-order chi connectivity index (χ0) is 39.3. The minimum Gasteiger partial charge on any atom is -0.493 e. The van der Waals surface area contributed by atoms with Crippen molar-refractivity contribution in [1.82, 2.24) is 0 Å². The van der Waals surface area contributed by atoms with Crippen LogP contribution in [0, 0.1) is 40.9 Å². The van der Waals surface area contributed by atoms with E-state index in [4.69, 9.17) is 14.9 Å². The zero-order valence-corrected chi connectivity index (χ0v) is 32.0. The second-order valence-corrected chi connectivity index (χ2v) is 15.0. The number of fused-ring (bicyclic) bond motifs is 1. The van der Waals surface area contributed by atoms with Gasteiger partial charge in [0.15, 0.2) is 0 Å². The van der Waals surface area contributed by atoms with E-state index in [0.29, 0.717) is 62.7 Å². The lowest BCUT2D eigenvalue weighted by atomic mass is 9.89. The van der Waals surface area contributed by atoms with Gasteiger partial charge >= 0.3 is 11.9 Å². The highest BCUT2D eigenvalue weighted by Crippen LogP contribution is 2.46. The normalized spacial score (nSPS) is 28.0. The van der Waals surface area contributed by atoms with Crippen LogP contribution in [0.25, 0.3) is 0 Å². The molecule has 10 atom stereocenters. The van der Waals surface area contributed by atoms with Gasteiger partial charge in [-0.15, -0.1) is 0 Å². The first-order chi connectivity index (χ1) is 25.3. The molecule has 0 amide bonds. The number of aliphatic carboxylic acids is 2. The average molecular weight is 744 g/mol. The number of rotatable bonds is 22. The van der Waals surface area contributed by atoms with Gasteiger partial charge in [0.1, 0.15) is 17.6 Å². The lowest BCUT2D eigenvalue weighted by Crippen LogP contribution is -2.20. The van der Waals surface area contributed by atoms with Crippen molar-refractivity contribution in [2.45, 2.75) is 160 Å². The molecule has 3 aliphatic rings. The van der Waals surface area contributed by atoms with Crippen LogP contribution < -0.4 is 0 Å². The highest BCUT2D eigenvalue weighted by atomic mass is 16.5. The van der Waals surface area contributed by atoms with Crippen LogP contribution in [-0.4, -0.2) is 78.9 Å². The van der Waals surface area contributed by atoms with E-state index in [1.807, 2.05) is 25.2 Å². The Morgan fingerprint density at radius 3 is 2.21 bits per heavy atom. The molecule has 11 heteroatoms. The summed E-state index contributed by atoms with van der Waals surface area (Å²) in [6.45, 7) is 6.28. The van der Waals surface area contributed by atoms with Crippen LogP contribution in [0.15, 0.2) is 47.8 Å². The van der Waals surface area contributed by atoms with Gasteiger partial charge in [-0.1, -0.05) is 89.3 Å². The number of ketones is 1. The van der Waals surface area contributed by atoms with Crippen LogP contribution in [-0.2, 0) is 19.1 Å². The number of nitrogens with zero attached hydrogens (tertiary/aromatic N) is 1. The summed E-state index contributed by atoms with van der Waals surface area (Å²) in [4.78, 5) is 33.2. The van der Waals surface area contributed by atoms with Crippen LogP contribution in [0.2, 0.25) is 0 Å². The van der Waals surface area contributed by atoms with Crippen molar-refractivity contribution in [1.29, 1.82) is 5.26 Å². The maximum atomic E-state index is 12.1. The second kappa shape index (κ2) is 24.9. The first kappa shape index (κ1) is 45.9. The van der Waals surface area contributed by atoms with Crippen LogP contribution >= 0.6 is 0 Å². The molecule has 6 N–H and O–H groups in total. The Hall–Kier alpha value is -3.30. The maximum absolute atomic E-state index is 12.1. The molecule has 1 heterocycles. The molecule has 0 radical (unpaired) electrons. The lowest BCUT2D eigenvalue weighted by Gasteiger charge is -2.18. The van der Waals surface area contributed by atoms with E-state index in [1.54, 1.807) is 18.2 Å². The minimum absolute atomic E-state index is 0.0312. The number of aliphatic hydroxyl groups is 4. The molecule has 298 valence electrons. The van der Waals surface area contributed by atoms with Crippen molar-refractivity contribution in [2.24, 2.45) is 29.6 Å². The Bertz CT molecular complexity index is 1300. The quantitative estimate of drug-likeness (QED) is 0.0386. The number of Topliss-reactive ketones (excluding diaryl/α,β-unsaturated/α-hetero) is 1. The van der Waals surface area contributed by atoms with E-state index in [2.05, 4.69) is 19.9 Å². The first-order valence-corrected chi connectivity index (χ1v) is 19.8. The van der Waals surface area contributed by atoms with E-state index < -0.39 is 36.4 Å². The van der Waals surface area contributed by atoms with Gasteiger partial charge in [-0.2, -0.15) is 5.26 Å². The smallest absolute Gasteiger partial charge is 0.303 e. The van der Waals surface area contributed by atoms with Gasteiger partial charge in [0, 0.05) is 55.8 Å². The largest absolute Gasteiger partial charge is 0.493 e. The molecule has 0 spiro atoms. The Labute approximate surface area is 316 Å². The number of carbonyl (C=O) groups is 3. The van der Waals surface area contributed by atoms with Crippen LogP contribution in [0.3, 0.4) is 0 Å². The van der Waals surface area contributed by atoms with Crippen molar-refractivity contribution in [2.75, 3.05) is 0 Å². The number of nitriles is 1. The predicted octanol–water partition coefficient (Wildman–Crippen LogP) is 6.80. The van der Waals surface area contributed by atoms with Crippen LogP contribution in [0.5, 0.6) is 0 Å². The number of ether oxygens (including phenoxy) is 1. The molecule has 0 aromatic carbocycles. The molecule has 2 saturated carbocycles. The molecule has 0 bridgehead atoms. The third-order valence-corrected chi connectivity index (χ3v) is 10.7. The zero-order valence-electron chi connectivity index (χ0n) is 32.0. The third-order valence-electron chi connectivity index (χ3n) is 10.7. The summed E-state index contributed by atoms with van der Waals surface area (Å²) < 4.78 is 5.96. The Morgan fingerprint density at radius 1 is 0.868 bits per heavy atom. The van der Waals surface area contributed by atoms with Crippen molar-refractivity contribution in [3.05, 3.63) is 47.8 Å². The summed E-state index contributed by atoms with van der Waals surface area (Å²) in [7, 11) is 0. The van der Waals surface area contributed by atoms with E-state index in [1.165, 1.54) is 0 Å². The Kier molecular flexibility index (Phi) is 21.5. The van der Waals surface area contributed by atoms with Gasteiger partial charge in [-0.05, 0) is 50.9 Å².